The minimum absolute atomic E-state index is 0.0294. The quantitative estimate of drug-likeness (QED) is 0.202. The fourth-order valence-electron chi connectivity index (χ4n) is 5.46. The van der Waals surface area contributed by atoms with Crippen molar-refractivity contribution in [1.29, 1.82) is 0 Å². The number of aliphatic hydroxyl groups is 1. The first-order chi connectivity index (χ1) is 21.7. The molecular formula is C36H39FN4O4. The minimum Gasteiger partial charge on any atom is -0.488 e. The van der Waals surface area contributed by atoms with E-state index in [1.807, 2.05) is 32.2 Å². The second-order valence-electron chi connectivity index (χ2n) is 11.7. The standard InChI is InChI=1S/C36H39FN4O4/c1-24-20-41(25(2)23-42)35(43)32-19-31(39-36(44)38-30-15-13-29(37)14-16-30)17-18-33(32)45-34(24)22-40(3)21-26-9-11-28(12-10-26)27-7-5-4-6-8-27/h4-19,24-25,34,42H,20-23H2,1-3H3,(H2,38,39,44)/t24-,25+,34-/m0/s1. The van der Waals surface area contributed by atoms with E-state index in [0.29, 0.717) is 35.8 Å². The van der Waals surface area contributed by atoms with E-state index in [4.69, 9.17) is 4.74 Å². The highest BCUT2D eigenvalue weighted by Gasteiger charge is 2.33. The molecule has 0 saturated carbocycles. The van der Waals surface area contributed by atoms with Crippen molar-refractivity contribution in [1.82, 2.24) is 9.80 Å². The number of ether oxygens (including phenoxy) is 1. The first-order valence-corrected chi connectivity index (χ1v) is 15.1. The Labute approximate surface area is 263 Å². The zero-order valence-corrected chi connectivity index (χ0v) is 25.7. The molecule has 0 aromatic heterocycles. The van der Waals surface area contributed by atoms with Crippen molar-refractivity contribution in [2.75, 3.05) is 37.4 Å². The van der Waals surface area contributed by atoms with Gasteiger partial charge in [-0.05, 0) is 73.1 Å². The van der Waals surface area contributed by atoms with Crippen LogP contribution in [-0.2, 0) is 6.54 Å². The molecule has 1 heterocycles. The Hall–Kier alpha value is -4.73. The van der Waals surface area contributed by atoms with E-state index in [2.05, 4.69) is 58.9 Å². The van der Waals surface area contributed by atoms with Gasteiger partial charge in [-0.1, -0.05) is 61.5 Å². The zero-order chi connectivity index (χ0) is 31.9. The van der Waals surface area contributed by atoms with Crippen molar-refractivity contribution in [3.8, 4) is 16.9 Å². The second-order valence-corrected chi connectivity index (χ2v) is 11.7. The molecule has 5 rings (SSSR count). The fourth-order valence-corrected chi connectivity index (χ4v) is 5.46. The monoisotopic (exact) mass is 610 g/mol. The average molecular weight is 611 g/mol. The Morgan fingerprint density at radius 3 is 2.31 bits per heavy atom. The summed E-state index contributed by atoms with van der Waals surface area (Å²) in [7, 11) is 2.05. The lowest BCUT2D eigenvalue weighted by Gasteiger charge is -2.38. The molecule has 9 heteroatoms. The van der Waals surface area contributed by atoms with Crippen LogP contribution in [0.25, 0.3) is 11.1 Å². The van der Waals surface area contributed by atoms with E-state index in [-0.39, 0.29) is 24.5 Å². The van der Waals surface area contributed by atoms with Gasteiger partial charge >= 0.3 is 6.03 Å². The Balaban J connectivity index is 1.32. The number of hydrogen-bond acceptors (Lipinski definition) is 5. The van der Waals surface area contributed by atoms with Crippen LogP contribution in [0.1, 0.15) is 29.8 Å². The molecule has 1 aliphatic rings. The SMILES string of the molecule is C[C@H](CO)N1C[C@H](C)[C@H](CN(C)Cc2ccc(-c3ccccc3)cc2)Oc2ccc(NC(=O)Nc3ccc(F)cc3)cc2C1=O. The first-order valence-electron chi connectivity index (χ1n) is 15.1. The van der Waals surface area contributed by atoms with Crippen molar-refractivity contribution < 1.29 is 23.8 Å². The molecule has 0 aliphatic carbocycles. The lowest BCUT2D eigenvalue weighted by atomic mass is 9.99. The van der Waals surface area contributed by atoms with Crippen LogP contribution in [0.3, 0.4) is 0 Å². The molecule has 0 fully saturated rings. The number of amides is 3. The van der Waals surface area contributed by atoms with Gasteiger partial charge in [-0.25, -0.2) is 9.18 Å². The van der Waals surface area contributed by atoms with E-state index in [1.165, 1.54) is 41.0 Å². The zero-order valence-electron chi connectivity index (χ0n) is 25.7. The number of halogens is 1. The smallest absolute Gasteiger partial charge is 0.323 e. The number of urea groups is 1. The largest absolute Gasteiger partial charge is 0.488 e. The minimum atomic E-state index is -0.536. The summed E-state index contributed by atoms with van der Waals surface area (Å²) in [4.78, 5) is 30.3. The number of nitrogens with one attached hydrogen (secondary N) is 2. The maximum atomic E-state index is 13.8. The Morgan fingerprint density at radius 1 is 0.978 bits per heavy atom. The molecule has 45 heavy (non-hydrogen) atoms. The molecule has 0 bridgehead atoms. The van der Waals surface area contributed by atoms with Crippen molar-refractivity contribution in [3.63, 3.8) is 0 Å². The van der Waals surface area contributed by atoms with Gasteiger partial charge in [-0.2, -0.15) is 0 Å². The van der Waals surface area contributed by atoms with Gasteiger partial charge in [0, 0.05) is 36.9 Å². The summed E-state index contributed by atoms with van der Waals surface area (Å²) in [6, 6.07) is 28.2. The number of benzene rings is 4. The number of likely N-dealkylation sites (N-methyl/N-ethyl adjacent to an activating group) is 1. The number of rotatable bonds is 9. The molecule has 3 N–H and O–H groups in total. The van der Waals surface area contributed by atoms with E-state index >= 15 is 0 Å². The van der Waals surface area contributed by atoms with Crippen LogP contribution in [0.15, 0.2) is 97.1 Å². The topological polar surface area (TPSA) is 94.1 Å². The van der Waals surface area contributed by atoms with Crippen LogP contribution in [0.4, 0.5) is 20.6 Å². The molecule has 8 nitrogen and oxygen atoms in total. The Kier molecular flexibility index (Phi) is 10.1. The summed E-state index contributed by atoms with van der Waals surface area (Å²) in [6.07, 6.45) is -0.251. The van der Waals surface area contributed by atoms with E-state index in [0.717, 1.165) is 6.54 Å². The number of aliphatic hydroxyl groups excluding tert-OH is 1. The van der Waals surface area contributed by atoms with Crippen molar-refractivity contribution in [3.05, 3.63) is 114 Å². The van der Waals surface area contributed by atoms with E-state index in [9.17, 15) is 19.1 Å². The lowest BCUT2D eigenvalue weighted by molar-refractivity contribution is 0.0341. The molecule has 0 radical (unpaired) electrons. The van der Waals surface area contributed by atoms with E-state index < -0.39 is 17.9 Å². The van der Waals surface area contributed by atoms with Crippen molar-refractivity contribution in [2.24, 2.45) is 5.92 Å². The lowest BCUT2D eigenvalue weighted by Crippen LogP contribution is -2.49. The summed E-state index contributed by atoms with van der Waals surface area (Å²) >= 11 is 0. The van der Waals surface area contributed by atoms with Gasteiger partial charge in [-0.15, -0.1) is 0 Å². The molecule has 0 saturated heterocycles. The normalized spacial score (nSPS) is 17.1. The van der Waals surface area contributed by atoms with Crippen LogP contribution in [-0.4, -0.2) is 65.7 Å². The first kappa shape index (κ1) is 31.7. The van der Waals surface area contributed by atoms with Crippen molar-refractivity contribution >= 4 is 23.3 Å². The maximum Gasteiger partial charge on any atom is 0.323 e. The highest BCUT2D eigenvalue weighted by atomic mass is 19.1. The number of carbonyl (C=O) groups is 2. The number of carbonyl (C=O) groups excluding carboxylic acids is 2. The van der Waals surface area contributed by atoms with Gasteiger partial charge in [-0.3, -0.25) is 9.69 Å². The molecule has 1 aliphatic heterocycles. The number of fused-ring (bicyclic) bond motifs is 1. The Morgan fingerprint density at radius 2 is 1.62 bits per heavy atom. The van der Waals surface area contributed by atoms with Gasteiger partial charge in [0.15, 0.2) is 0 Å². The summed E-state index contributed by atoms with van der Waals surface area (Å²) in [5, 5.41) is 15.4. The van der Waals surface area contributed by atoms with Crippen molar-refractivity contribution in [2.45, 2.75) is 32.5 Å². The molecule has 0 unspecified atom stereocenters. The third-order valence-electron chi connectivity index (χ3n) is 8.03. The average Bonchev–Trinajstić information content (AvgIpc) is 3.04. The summed E-state index contributed by atoms with van der Waals surface area (Å²) in [5.74, 6) is -0.305. The third-order valence-corrected chi connectivity index (χ3v) is 8.03. The van der Waals surface area contributed by atoms with Crippen LogP contribution in [0.2, 0.25) is 0 Å². The molecule has 4 aromatic carbocycles. The van der Waals surface area contributed by atoms with Gasteiger partial charge in [0.25, 0.3) is 5.91 Å². The van der Waals surface area contributed by atoms with Crippen LogP contribution in [0, 0.1) is 11.7 Å². The van der Waals surface area contributed by atoms with Crippen LogP contribution >= 0.6 is 0 Å². The molecular weight excluding hydrogens is 571 g/mol. The molecule has 0 spiro atoms. The van der Waals surface area contributed by atoms with Crippen LogP contribution < -0.4 is 15.4 Å². The number of hydrogen-bond donors (Lipinski definition) is 3. The fraction of sp³-hybridized carbons (Fsp3) is 0.278. The summed E-state index contributed by atoms with van der Waals surface area (Å²) in [5.41, 5.74) is 4.64. The van der Waals surface area contributed by atoms with Gasteiger partial charge < -0.3 is 25.4 Å². The molecule has 4 aromatic rings. The molecule has 3 atom stereocenters. The predicted octanol–water partition coefficient (Wildman–Crippen LogP) is 6.49. The van der Waals surface area contributed by atoms with Gasteiger partial charge in [0.05, 0.1) is 18.2 Å². The van der Waals surface area contributed by atoms with Gasteiger partial charge in [0.1, 0.15) is 17.7 Å². The maximum absolute atomic E-state index is 13.8. The molecule has 234 valence electrons. The summed E-state index contributed by atoms with van der Waals surface area (Å²) in [6.45, 7) is 5.40. The summed E-state index contributed by atoms with van der Waals surface area (Å²) < 4.78 is 19.8. The van der Waals surface area contributed by atoms with Gasteiger partial charge in [0.2, 0.25) is 0 Å². The Bertz CT molecular complexity index is 1600. The predicted molar refractivity (Wildman–Crippen MR) is 175 cm³/mol. The number of anilines is 2. The molecule has 3 amide bonds. The highest BCUT2D eigenvalue weighted by molar-refractivity contribution is 6.02. The number of nitrogens with zero attached hydrogens (tertiary/aromatic N) is 2. The second kappa shape index (κ2) is 14.4. The van der Waals surface area contributed by atoms with E-state index in [1.54, 1.807) is 23.1 Å². The third kappa shape index (κ3) is 8.06. The highest BCUT2D eigenvalue weighted by Crippen LogP contribution is 2.31. The van der Waals surface area contributed by atoms with Crippen LogP contribution in [0.5, 0.6) is 5.75 Å².